The maximum Gasteiger partial charge on any atom is 0.235 e. The molecule has 204 valence electrons. The molecule has 0 bridgehead atoms. The maximum absolute atomic E-state index is 14.1. The Kier molecular flexibility index (Phi) is 6.72. The van der Waals surface area contributed by atoms with Crippen LogP contribution in [-0.2, 0) is 32.1 Å². The molecule has 0 spiro atoms. The number of amides is 1. The molecule has 1 heterocycles. The van der Waals surface area contributed by atoms with Crippen molar-refractivity contribution in [2.45, 2.75) is 25.4 Å². The van der Waals surface area contributed by atoms with Gasteiger partial charge in [0.05, 0.1) is 29.1 Å². The Morgan fingerprint density at radius 1 is 1.05 bits per heavy atom. The monoisotopic (exact) mass is 532 g/mol. The van der Waals surface area contributed by atoms with E-state index in [-0.39, 0.29) is 17.7 Å². The molecule has 3 N–H and O–H groups in total. The van der Waals surface area contributed by atoms with Crippen LogP contribution in [0.15, 0.2) is 30.5 Å². The molecule has 0 radical (unpaired) electrons. The van der Waals surface area contributed by atoms with E-state index in [4.69, 9.17) is 5.73 Å². The van der Waals surface area contributed by atoms with Gasteiger partial charge in [-0.05, 0) is 76.6 Å². The lowest BCUT2D eigenvalue weighted by molar-refractivity contribution is -0.157. The van der Waals surface area contributed by atoms with E-state index in [1.807, 2.05) is 37.2 Å². The van der Waals surface area contributed by atoms with Crippen molar-refractivity contribution in [2.24, 2.45) is 35.3 Å². The van der Waals surface area contributed by atoms with Gasteiger partial charge >= 0.3 is 0 Å². The number of aromatic hydroxyl groups is 1. The standard InChI is InChI=1S/C29H32N4O6/c1-32(2)12-14-11-15(18-7-5-6-8-31-18)16-9-13-10-17-21(26(36)19(13)25(35)20(16)24(14)34)27(37)22(29(30)39)28(38)23(17)33(3)4/h5-8,11,13,17,19,21-23,34H,9-10,12H2,1-4H3,(H2,30,39)/t13?,17?,19?,21?,22?,23-/m1/s1. The summed E-state index contributed by atoms with van der Waals surface area (Å²) in [6.45, 7) is 0.352. The smallest absolute Gasteiger partial charge is 0.235 e. The van der Waals surface area contributed by atoms with Gasteiger partial charge in [-0.2, -0.15) is 0 Å². The van der Waals surface area contributed by atoms with Gasteiger partial charge in [0.2, 0.25) is 5.91 Å². The number of benzene rings is 1. The summed E-state index contributed by atoms with van der Waals surface area (Å²) in [6, 6.07) is 6.43. The molecule has 10 heteroatoms. The number of fused-ring (bicyclic) bond motifs is 3. The molecule has 0 aliphatic heterocycles. The summed E-state index contributed by atoms with van der Waals surface area (Å²) in [7, 11) is 7.01. The fraction of sp³-hybridized carbons (Fsp3) is 0.448. The average Bonchev–Trinajstić information content (AvgIpc) is 2.85. The number of likely N-dealkylation sites (N-methyl/N-ethyl adjacent to an activating group) is 1. The van der Waals surface area contributed by atoms with Gasteiger partial charge in [-0.15, -0.1) is 0 Å². The second-order valence-electron chi connectivity index (χ2n) is 11.4. The van der Waals surface area contributed by atoms with Crippen molar-refractivity contribution in [2.75, 3.05) is 28.2 Å². The zero-order valence-corrected chi connectivity index (χ0v) is 22.4. The minimum absolute atomic E-state index is 0.0815. The van der Waals surface area contributed by atoms with Gasteiger partial charge in [-0.3, -0.25) is 33.9 Å². The van der Waals surface area contributed by atoms with Gasteiger partial charge in [0.25, 0.3) is 0 Å². The number of phenolic OH excluding ortho intramolecular Hbond substituents is 1. The van der Waals surface area contributed by atoms with Gasteiger partial charge in [0.1, 0.15) is 5.75 Å². The number of pyridine rings is 1. The molecule has 0 saturated heterocycles. The summed E-state index contributed by atoms with van der Waals surface area (Å²) in [6.07, 6.45) is 2.21. The quantitative estimate of drug-likeness (QED) is 0.535. The highest BCUT2D eigenvalue weighted by Gasteiger charge is 2.61. The highest BCUT2D eigenvalue weighted by atomic mass is 16.3. The third kappa shape index (κ3) is 4.18. The molecule has 5 rings (SSSR count). The molecule has 6 atom stereocenters. The molecule has 3 aliphatic rings. The summed E-state index contributed by atoms with van der Waals surface area (Å²) in [5.74, 6) is -9.16. The van der Waals surface area contributed by atoms with E-state index in [1.165, 1.54) is 0 Å². The van der Waals surface area contributed by atoms with Crippen LogP contribution in [0, 0.1) is 29.6 Å². The predicted octanol–water partition coefficient (Wildman–Crippen LogP) is 0.876. The van der Waals surface area contributed by atoms with Crippen molar-refractivity contribution in [1.82, 2.24) is 14.8 Å². The first-order valence-corrected chi connectivity index (χ1v) is 13.0. The van der Waals surface area contributed by atoms with E-state index in [1.54, 1.807) is 31.3 Å². The molecule has 1 aromatic heterocycles. The second-order valence-corrected chi connectivity index (χ2v) is 11.4. The first-order chi connectivity index (χ1) is 18.4. The molecule has 5 unspecified atom stereocenters. The second kappa shape index (κ2) is 9.77. The van der Waals surface area contributed by atoms with Gasteiger partial charge in [-0.25, -0.2) is 0 Å². The van der Waals surface area contributed by atoms with Crippen LogP contribution in [0.4, 0.5) is 0 Å². The van der Waals surface area contributed by atoms with Crippen LogP contribution in [0.1, 0.15) is 27.9 Å². The minimum atomic E-state index is -1.72. The SMILES string of the molecule is CN(C)Cc1cc(-c2ccccn2)c2c(c1O)C(=O)C1C(=O)C3C(=O)C(C(N)=O)C(=O)[C@H](N(C)C)C3CC1C2. The Labute approximate surface area is 226 Å². The van der Waals surface area contributed by atoms with Gasteiger partial charge in [0.15, 0.2) is 29.1 Å². The molecule has 3 aliphatic carbocycles. The van der Waals surface area contributed by atoms with Crippen molar-refractivity contribution < 1.29 is 29.1 Å². The van der Waals surface area contributed by atoms with Crippen LogP contribution in [-0.4, -0.2) is 83.2 Å². The molecule has 39 heavy (non-hydrogen) atoms. The van der Waals surface area contributed by atoms with E-state index < -0.39 is 64.7 Å². The number of phenols is 1. The first-order valence-electron chi connectivity index (χ1n) is 13.0. The molecular weight excluding hydrogens is 500 g/mol. The molecular formula is C29H32N4O6. The van der Waals surface area contributed by atoms with E-state index in [0.717, 1.165) is 0 Å². The summed E-state index contributed by atoms with van der Waals surface area (Å²) in [5, 5.41) is 11.3. The number of hydrogen-bond acceptors (Lipinski definition) is 9. The normalized spacial score (nSPS) is 28.4. The Hall–Kier alpha value is -3.76. The number of aromatic nitrogens is 1. The molecule has 2 fully saturated rings. The number of primary amides is 1. The van der Waals surface area contributed by atoms with Crippen molar-refractivity contribution in [1.29, 1.82) is 0 Å². The fourth-order valence-corrected chi connectivity index (χ4v) is 6.96. The van der Waals surface area contributed by atoms with Gasteiger partial charge < -0.3 is 15.7 Å². The highest BCUT2D eigenvalue weighted by Crippen LogP contribution is 2.50. The highest BCUT2D eigenvalue weighted by molar-refractivity contribution is 6.28. The lowest BCUT2D eigenvalue weighted by atomic mass is 9.54. The zero-order chi connectivity index (χ0) is 28.3. The van der Waals surface area contributed by atoms with E-state index in [0.29, 0.717) is 35.3 Å². The molecule has 2 saturated carbocycles. The van der Waals surface area contributed by atoms with Crippen molar-refractivity contribution in [3.63, 3.8) is 0 Å². The fourth-order valence-electron chi connectivity index (χ4n) is 6.96. The number of ketones is 4. The summed E-state index contributed by atoms with van der Waals surface area (Å²) in [5.41, 5.74) is 7.98. The predicted molar refractivity (Wildman–Crippen MR) is 141 cm³/mol. The number of Topliss-reactive ketones (excluding diaryl/α,β-unsaturated/α-hetero) is 4. The van der Waals surface area contributed by atoms with E-state index >= 15 is 0 Å². The van der Waals surface area contributed by atoms with Gasteiger partial charge in [-0.1, -0.05) is 6.07 Å². The average molecular weight is 533 g/mol. The third-order valence-electron chi connectivity index (χ3n) is 8.41. The number of carbonyl (C=O) groups excluding carboxylic acids is 5. The number of nitrogens with two attached hydrogens (primary N) is 1. The lowest BCUT2D eigenvalue weighted by Gasteiger charge is -2.48. The number of rotatable bonds is 5. The van der Waals surface area contributed by atoms with Gasteiger partial charge in [0, 0.05) is 23.9 Å². The van der Waals surface area contributed by atoms with Crippen molar-refractivity contribution in [3.05, 3.63) is 47.2 Å². The van der Waals surface area contributed by atoms with Crippen molar-refractivity contribution in [3.8, 4) is 17.0 Å². The topological polar surface area (TPSA) is 151 Å². The van der Waals surface area contributed by atoms with Crippen LogP contribution in [0.2, 0.25) is 0 Å². The first kappa shape index (κ1) is 26.8. The largest absolute Gasteiger partial charge is 0.507 e. The van der Waals surface area contributed by atoms with Crippen molar-refractivity contribution >= 4 is 29.0 Å². The van der Waals surface area contributed by atoms with E-state index in [9.17, 15) is 29.1 Å². The Bertz CT molecular complexity index is 1400. The lowest BCUT2D eigenvalue weighted by Crippen LogP contribution is -2.64. The molecule has 1 amide bonds. The summed E-state index contributed by atoms with van der Waals surface area (Å²) >= 11 is 0. The number of nitrogens with zero attached hydrogens (tertiary/aromatic N) is 3. The molecule has 1 aromatic carbocycles. The summed E-state index contributed by atoms with van der Waals surface area (Å²) in [4.78, 5) is 74.7. The van der Waals surface area contributed by atoms with E-state index in [2.05, 4.69) is 4.98 Å². The number of carbonyl (C=O) groups is 5. The summed E-state index contributed by atoms with van der Waals surface area (Å²) < 4.78 is 0. The molecule has 10 nitrogen and oxygen atoms in total. The molecule has 2 aromatic rings. The Balaban J connectivity index is 1.66. The van der Waals surface area contributed by atoms with Crippen LogP contribution in [0.25, 0.3) is 11.3 Å². The minimum Gasteiger partial charge on any atom is -0.507 e. The Morgan fingerprint density at radius 2 is 1.77 bits per heavy atom. The van der Waals surface area contributed by atoms with Crippen LogP contribution >= 0.6 is 0 Å². The number of hydrogen-bond donors (Lipinski definition) is 2. The third-order valence-corrected chi connectivity index (χ3v) is 8.41. The maximum atomic E-state index is 14.1. The van der Waals surface area contributed by atoms with Crippen LogP contribution in [0.5, 0.6) is 5.75 Å². The van der Waals surface area contributed by atoms with Crippen LogP contribution < -0.4 is 5.73 Å². The zero-order valence-electron chi connectivity index (χ0n) is 22.4. The Morgan fingerprint density at radius 3 is 2.36 bits per heavy atom. The van der Waals surface area contributed by atoms with Crippen LogP contribution in [0.3, 0.4) is 0 Å².